The second kappa shape index (κ2) is 5.00. The number of nitrogens with zero attached hydrogens (tertiary/aromatic N) is 2. The summed E-state index contributed by atoms with van der Waals surface area (Å²) in [5.74, 6) is 0.810. The summed E-state index contributed by atoms with van der Waals surface area (Å²) in [5, 5.41) is 1.33. The SMILES string of the molecule is CCn1c(-c2cc(Cl)ccc2N)nc2ccc(Cl)cc21. The molecule has 3 rings (SSSR count). The van der Waals surface area contributed by atoms with Gasteiger partial charge in [-0.2, -0.15) is 0 Å². The van der Waals surface area contributed by atoms with Crippen molar-refractivity contribution in [1.29, 1.82) is 0 Å². The largest absolute Gasteiger partial charge is 0.398 e. The van der Waals surface area contributed by atoms with Crippen LogP contribution in [0.25, 0.3) is 22.4 Å². The number of hydrogen-bond donors (Lipinski definition) is 1. The molecule has 2 aromatic carbocycles. The lowest BCUT2D eigenvalue weighted by atomic mass is 10.1. The average molecular weight is 306 g/mol. The van der Waals surface area contributed by atoms with E-state index in [1.807, 2.05) is 24.3 Å². The zero-order chi connectivity index (χ0) is 14.3. The smallest absolute Gasteiger partial charge is 0.143 e. The first-order chi connectivity index (χ1) is 9.60. The Bertz CT molecular complexity index is 793. The third-order valence-electron chi connectivity index (χ3n) is 3.28. The molecule has 0 atom stereocenters. The van der Waals surface area contributed by atoms with Gasteiger partial charge in [-0.1, -0.05) is 23.2 Å². The van der Waals surface area contributed by atoms with Crippen molar-refractivity contribution in [3.63, 3.8) is 0 Å². The lowest BCUT2D eigenvalue weighted by Crippen LogP contribution is -2.00. The highest BCUT2D eigenvalue weighted by Crippen LogP contribution is 2.31. The van der Waals surface area contributed by atoms with E-state index in [1.54, 1.807) is 12.1 Å². The van der Waals surface area contributed by atoms with Crippen LogP contribution in [0.1, 0.15) is 6.92 Å². The van der Waals surface area contributed by atoms with Crippen molar-refractivity contribution in [2.45, 2.75) is 13.5 Å². The second-order valence-electron chi connectivity index (χ2n) is 4.54. The van der Waals surface area contributed by atoms with E-state index in [9.17, 15) is 0 Å². The van der Waals surface area contributed by atoms with Crippen LogP contribution in [0.4, 0.5) is 5.69 Å². The Balaban J connectivity index is 2.33. The molecule has 0 aliphatic heterocycles. The van der Waals surface area contributed by atoms with Gasteiger partial charge in [-0.15, -0.1) is 0 Å². The Morgan fingerprint density at radius 3 is 2.55 bits per heavy atom. The summed E-state index contributed by atoms with van der Waals surface area (Å²) >= 11 is 12.1. The minimum Gasteiger partial charge on any atom is -0.398 e. The first-order valence-electron chi connectivity index (χ1n) is 6.31. The van der Waals surface area contributed by atoms with Crippen molar-refractivity contribution in [3.8, 4) is 11.4 Å². The molecule has 102 valence electrons. The number of nitrogen functional groups attached to an aromatic ring is 1. The number of nitrogens with two attached hydrogens (primary N) is 1. The number of anilines is 1. The van der Waals surface area contributed by atoms with E-state index in [1.165, 1.54) is 0 Å². The van der Waals surface area contributed by atoms with Gasteiger partial charge in [0.15, 0.2) is 0 Å². The van der Waals surface area contributed by atoms with Gasteiger partial charge < -0.3 is 10.3 Å². The lowest BCUT2D eigenvalue weighted by molar-refractivity contribution is 0.796. The fourth-order valence-electron chi connectivity index (χ4n) is 2.34. The van der Waals surface area contributed by atoms with Crippen LogP contribution in [0.5, 0.6) is 0 Å². The number of rotatable bonds is 2. The Kier molecular flexibility index (Phi) is 3.32. The maximum Gasteiger partial charge on any atom is 0.143 e. The van der Waals surface area contributed by atoms with Crippen LogP contribution in [0.3, 0.4) is 0 Å². The molecule has 0 saturated carbocycles. The molecule has 0 radical (unpaired) electrons. The molecule has 2 N–H and O–H groups in total. The van der Waals surface area contributed by atoms with Crippen LogP contribution < -0.4 is 5.73 Å². The van der Waals surface area contributed by atoms with E-state index >= 15 is 0 Å². The fourth-order valence-corrected chi connectivity index (χ4v) is 2.68. The van der Waals surface area contributed by atoms with Gasteiger partial charge in [-0.05, 0) is 43.3 Å². The lowest BCUT2D eigenvalue weighted by Gasteiger charge is -2.09. The normalized spacial score (nSPS) is 11.2. The Morgan fingerprint density at radius 1 is 1.10 bits per heavy atom. The topological polar surface area (TPSA) is 43.8 Å². The number of aryl methyl sites for hydroxylation is 1. The molecular weight excluding hydrogens is 293 g/mol. The van der Waals surface area contributed by atoms with E-state index in [0.29, 0.717) is 15.7 Å². The van der Waals surface area contributed by atoms with E-state index in [-0.39, 0.29) is 0 Å². The van der Waals surface area contributed by atoms with Crippen molar-refractivity contribution < 1.29 is 0 Å². The maximum atomic E-state index is 6.07. The minimum atomic E-state index is 0.641. The molecule has 0 aliphatic rings. The molecule has 0 bridgehead atoms. The highest BCUT2D eigenvalue weighted by molar-refractivity contribution is 6.31. The summed E-state index contributed by atoms with van der Waals surface area (Å²) in [4.78, 5) is 4.66. The molecule has 1 heterocycles. The van der Waals surface area contributed by atoms with E-state index < -0.39 is 0 Å². The number of benzene rings is 2. The third kappa shape index (κ3) is 2.13. The van der Waals surface area contributed by atoms with E-state index in [0.717, 1.165) is 29.0 Å². The van der Waals surface area contributed by atoms with Gasteiger partial charge >= 0.3 is 0 Å². The molecule has 5 heteroatoms. The number of hydrogen-bond acceptors (Lipinski definition) is 2. The molecule has 0 fully saturated rings. The quantitative estimate of drug-likeness (QED) is 0.702. The Morgan fingerprint density at radius 2 is 1.80 bits per heavy atom. The number of imidazole rings is 1. The molecular formula is C15H13Cl2N3. The van der Waals surface area contributed by atoms with Crippen molar-refractivity contribution in [3.05, 3.63) is 46.4 Å². The summed E-state index contributed by atoms with van der Waals surface area (Å²) in [6.45, 7) is 2.84. The zero-order valence-electron chi connectivity index (χ0n) is 10.9. The van der Waals surface area contributed by atoms with Gasteiger partial charge in [-0.25, -0.2) is 4.98 Å². The molecule has 0 amide bonds. The molecule has 0 unspecified atom stereocenters. The van der Waals surface area contributed by atoms with Gasteiger partial charge in [0.05, 0.1) is 11.0 Å². The maximum absolute atomic E-state index is 6.07. The van der Waals surface area contributed by atoms with E-state index in [2.05, 4.69) is 16.5 Å². The van der Waals surface area contributed by atoms with Crippen LogP contribution in [0, 0.1) is 0 Å². The Labute approximate surface area is 126 Å². The first-order valence-corrected chi connectivity index (χ1v) is 7.07. The summed E-state index contributed by atoms with van der Waals surface area (Å²) in [7, 11) is 0. The van der Waals surface area contributed by atoms with Gasteiger partial charge in [-0.3, -0.25) is 0 Å². The highest BCUT2D eigenvalue weighted by atomic mass is 35.5. The van der Waals surface area contributed by atoms with Gasteiger partial charge in [0.2, 0.25) is 0 Å². The van der Waals surface area contributed by atoms with Crippen LogP contribution in [-0.4, -0.2) is 9.55 Å². The van der Waals surface area contributed by atoms with Gasteiger partial charge in [0.25, 0.3) is 0 Å². The Hall–Kier alpha value is -1.71. The van der Waals surface area contributed by atoms with Crippen molar-refractivity contribution in [2.24, 2.45) is 0 Å². The van der Waals surface area contributed by atoms with Gasteiger partial charge in [0.1, 0.15) is 5.82 Å². The molecule has 3 nitrogen and oxygen atoms in total. The van der Waals surface area contributed by atoms with Crippen LogP contribution >= 0.6 is 23.2 Å². The highest BCUT2D eigenvalue weighted by Gasteiger charge is 2.14. The molecule has 20 heavy (non-hydrogen) atoms. The molecule has 3 aromatic rings. The van der Waals surface area contributed by atoms with Crippen LogP contribution in [0.15, 0.2) is 36.4 Å². The fraction of sp³-hybridized carbons (Fsp3) is 0.133. The molecule has 1 aromatic heterocycles. The number of aromatic nitrogens is 2. The van der Waals surface area contributed by atoms with Crippen LogP contribution in [0.2, 0.25) is 10.0 Å². The predicted octanol–water partition coefficient (Wildman–Crippen LogP) is 4.61. The van der Waals surface area contributed by atoms with Crippen molar-refractivity contribution in [1.82, 2.24) is 9.55 Å². The monoisotopic (exact) mass is 305 g/mol. The molecule has 0 spiro atoms. The second-order valence-corrected chi connectivity index (χ2v) is 5.42. The molecule has 0 saturated heterocycles. The summed E-state index contributed by atoms with van der Waals surface area (Å²) in [6, 6.07) is 11.1. The number of halogens is 2. The minimum absolute atomic E-state index is 0.641. The van der Waals surface area contributed by atoms with E-state index in [4.69, 9.17) is 28.9 Å². The van der Waals surface area contributed by atoms with Crippen molar-refractivity contribution in [2.75, 3.05) is 5.73 Å². The number of fused-ring (bicyclic) bond motifs is 1. The van der Waals surface area contributed by atoms with Crippen molar-refractivity contribution >= 4 is 39.9 Å². The summed E-state index contributed by atoms with van der Waals surface area (Å²) in [5.41, 5.74) is 9.45. The van der Waals surface area contributed by atoms with Gasteiger partial charge in [0, 0.05) is 27.8 Å². The standard InChI is InChI=1S/C15H13Cl2N3/c1-2-20-14-8-10(17)4-6-13(14)19-15(20)11-7-9(16)3-5-12(11)18/h3-8H,2,18H2,1H3. The average Bonchev–Trinajstić information content (AvgIpc) is 2.79. The summed E-state index contributed by atoms with van der Waals surface area (Å²) in [6.07, 6.45) is 0. The summed E-state index contributed by atoms with van der Waals surface area (Å²) < 4.78 is 2.09. The molecule has 0 aliphatic carbocycles. The predicted molar refractivity (Wildman–Crippen MR) is 85.3 cm³/mol. The van der Waals surface area contributed by atoms with Crippen LogP contribution in [-0.2, 0) is 6.54 Å². The zero-order valence-corrected chi connectivity index (χ0v) is 12.4. The third-order valence-corrected chi connectivity index (χ3v) is 3.75. The first kappa shape index (κ1) is 13.3.